The summed E-state index contributed by atoms with van der Waals surface area (Å²) < 4.78 is 1.86. The molecule has 2 aromatic heterocycles. The monoisotopic (exact) mass is 335 g/mol. The number of carboxylic acids is 2. The zero-order valence-electron chi connectivity index (χ0n) is 13.2. The molecule has 0 amide bonds. The summed E-state index contributed by atoms with van der Waals surface area (Å²) in [6, 6.07) is 11.8. The lowest BCUT2D eigenvalue weighted by molar-refractivity contribution is -0.688. The van der Waals surface area contributed by atoms with Crippen LogP contribution >= 0.6 is 0 Å². The molecule has 124 valence electrons. The Morgan fingerprint density at radius 1 is 0.840 bits per heavy atom. The number of rotatable bonds is 5. The van der Waals surface area contributed by atoms with Gasteiger partial charge in [0.15, 0.2) is 18.9 Å². The molecule has 25 heavy (non-hydrogen) atoms. The van der Waals surface area contributed by atoms with Crippen LogP contribution in [0, 0.1) is 0 Å². The second-order valence-corrected chi connectivity index (χ2v) is 5.52. The Hall–Kier alpha value is -3.54. The molecule has 1 aromatic carbocycles. The molecule has 0 atom stereocenters. The molecule has 2 N–H and O–H groups in total. The van der Waals surface area contributed by atoms with Crippen molar-refractivity contribution in [1.29, 1.82) is 0 Å². The zero-order valence-corrected chi connectivity index (χ0v) is 13.2. The number of benzene rings is 1. The molecular formula is C19H15N2O4+. The molecule has 3 aromatic rings. The van der Waals surface area contributed by atoms with Crippen LogP contribution in [0.5, 0.6) is 0 Å². The van der Waals surface area contributed by atoms with Gasteiger partial charge in [0.2, 0.25) is 0 Å². The van der Waals surface area contributed by atoms with Gasteiger partial charge >= 0.3 is 11.9 Å². The number of carboxylic acid groups (broad SMARTS) is 2. The van der Waals surface area contributed by atoms with Gasteiger partial charge in [-0.1, -0.05) is 0 Å². The van der Waals surface area contributed by atoms with Crippen LogP contribution in [-0.4, -0.2) is 27.1 Å². The summed E-state index contributed by atoms with van der Waals surface area (Å²) >= 11 is 0. The Labute approximate surface area is 143 Å². The van der Waals surface area contributed by atoms with Gasteiger partial charge in [-0.05, 0) is 41.5 Å². The fraction of sp³-hybridized carbons (Fsp3) is 0.0526. The summed E-state index contributed by atoms with van der Waals surface area (Å²) in [6.07, 6.45) is 7.18. The van der Waals surface area contributed by atoms with Crippen LogP contribution in [-0.2, 0) is 6.54 Å². The van der Waals surface area contributed by atoms with Gasteiger partial charge in [-0.3, -0.25) is 4.98 Å². The second kappa shape index (κ2) is 6.92. The van der Waals surface area contributed by atoms with E-state index in [1.54, 1.807) is 12.4 Å². The van der Waals surface area contributed by atoms with Crippen LogP contribution in [0.25, 0.3) is 11.1 Å². The zero-order chi connectivity index (χ0) is 17.8. The molecule has 0 saturated carbocycles. The van der Waals surface area contributed by atoms with Crippen molar-refractivity contribution in [2.75, 3.05) is 0 Å². The molecule has 6 heteroatoms. The fourth-order valence-electron chi connectivity index (χ4n) is 2.54. The van der Waals surface area contributed by atoms with Gasteiger partial charge in [0.1, 0.15) is 0 Å². The highest BCUT2D eigenvalue weighted by Crippen LogP contribution is 2.16. The topological polar surface area (TPSA) is 91.4 Å². The van der Waals surface area contributed by atoms with E-state index < -0.39 is 11.9 Å². The first kappa shape index (κ1) is 16.3. The summed E-state index contributed by atoms with van der Waals surface area (Å²) in [5, 5.41) is 18.3. The standard InChI is InChI=1S/C19H14N2O4/c22-18(23)16-9-13(10-17(11-16)19(24)25)12-21-7-3-15(4-8-21)14-1-5-20-6-2-14/h1-11H,12H2,(H-,22,23,24,25)/p+1. The quantitative estimate of drug-likeness (QED) is 0.699. The number of aromatic nitrogens is 2. The number of carbonyl (C=O) groups is 2. The number of pyridine rings is 2. The molecule has 6 nitrogen and oxygen atoms in total. The Morgan fingerprint density at radius 2 is 1.36 bits per heavy atom. The smallest absolute Gasteiger partial charge is 0.335 e. The molecule has 3 rings (SSSR count). The first-order chi connectivity index (χ1) is 12.0. The molecule has 0 aliphatic heterocycles. The van der Waals surface area contributed by atoms with Gasteiger partial charge in [-0.15, -0.1) is 0 Å². The Balaban J connectivity index is 1.87. The van der Waals surface area contributed by atoms with E-state index >= 15 is 0 Å². The third-order valence-corrected chi connectivity index (χ3v) is 3.76. The highest BCUT2D eigenvalue weighted by atomic mass is 16.4. The van der Waals surface area contributed by atoms with Crippen LogP contribution in [0.1, 0.15) is 26.3 Å². The van der Waals surface area contributed by atoms with Gasteiger partial charge < -0.3 is 10.2 Å². The third kappa shape index (κ3) is 3.87. The predicted molar refractivity (Wildman–Crippen MR) is 89.3 cm³/mol. The molecule has 0 aliphatic carbocycles. The van der Waals surface area contributed by atoms with Gasteiger partial charge in [0.05, 0.1) is 11.1 Å². The minimum absolute atomic E-state index is 0.0381. The van der Waals surface area contributed by atoms with E-state index in [0.717, 1.165) is 17.2 Å². The maximum atomic E-state index is 11.2. The average Bonchev–Trinajstić information content (AvgIpc) is 2.62. The van der Waals surface area contributed by atoms with Crippen molar-refractivity contribution in [3.05, 3.63) is 83.9 Å². The van der Waals surface area contributed by atoms with E-state index in [4.69, 9.17) is 10.2 Å². The van der Waals surface area contributed by atoms with E-state index in [9.17, 15) is 9.59 Å². The molecule has 0 radical (unpaired) electrons. The first-order valence-corrected chi connectivity index (χ1v) is 7.53. The van der Waals surface area contributed by atoms with Crippen molar-refractivity contribution in [3.63, 3.8) is 0 Å². The van der Waals surface area contributed by atoms with Crippen molar-refractivity contribution < 1.29 is 24.4 Å². The molecule has 0 unspecified atom stereocenters. The second-order valence-electron chi connectivity index (χ2n) is 5.52. The highest BCUT2D eigenvalue weighted by Gasteiger charge is 2.13. The van der Waals surface area contributed by atoms with E-state index in [1.165, 1.54) is 12.1 Å². The van der Waals surface area contributed by atoms with E-state index in [0.29, 0.717) is 12.1 Å². The van der Waals surface area contributed by atoms with Crippen molar-refractivity contribution in [2.45, 2.75) is 6.54 Å². The molecule has 0 aliphatic rings. The van der Waals surface area contributed by atoms with Gasteiger partial charge in [0, 0.05) is 30.1 Å². The van der Waals surface area contributed by atoms with Crippen LogP contribution in [0.3, 0.4) is 0 Å². The van der Waals surface area contributed by atoms with Crippen LogP contribution < -0.4 is 4.57 Å². The predicted octanol–water partition coefficient (Wildman–Crippen LogP) is 2.48. The first-order valence-electron chi connectivity index (χ1n) is 7.53. The maximum Gasteiger partial charge on any atom is 0.335 e. The van der Waals surface area contributed by atoms with Gasteiger partial charge in [-0.25, -0.2) is 14.2 Å². The lowest BCUT2D eigenvalue weighted by atomic mass is 10.1. The lowest BCUT2D eigenvalue weighted by Gasteiger charge is -2.04. The number of hydrogen-bond donors (Lipinski definition) is 2. The van der Waals surface area contributed by atoms with E-state index in [1.807, 2.05) is 41.2 Å². The summed E-state index contributed by atoms with van der Waals surface area (Å²) in [5.41, 5.74) is 2.61. The van der Waals surface area contributed by atoms with Crippen molar-refractivity contribution >= 4 is 11.9 Å². The SMILES string of the molecule is O=C(O)c1cc(C[n+]2ccc(-c3ccncc3)cc2)cc(C(=O)O)c1. The van der Waals surface area contributed by atoms with Crippen LogP contribution in [0.15, 0.2) is 67.3 Å². The van der Waals surface area contributed by atoms with Crippen LogP contribution in [0.2, 0.25) is 0 Å². The molecule has 0 saturated heterocycles. The minimum Gasteiger partial charge on any atom is -0.478 e. The molecular weight excluding hydrogens is 320 g/mol. The Bertz CT molecular complexity index is 890. The summed E-state index contributed by atoms with van der Waals surface area (Å²) in [5.74, 6) is -2.30. The number of hydrogen-bond acceptors (Lipinski definition) is 3. The summed E-state index contributed by atoms with van der Waals surface area (Å²) in [6.45, 7) is 0.373. The molecule has 0 bridgehead atoms. The normalized spacial score (nSPS) is 10.4. The fourth-order valence-corrected chi connectivity index (χ4v) is 2.54. The minimum atomic E-state index is -1.15. The summed E-state index contributed by atoms with van der Waals surface area (Å²) in [7, 11) is 0. The van der Waals surface area contributed by atoms with Crippen molar-refractivity contribution in [2.24, 2.45) is 0 Å². The van der Waals surface area contributed by atoms with Crippen molar-refractivity contribution in [1.82, 2.24) is 4.98 Å². The third-order valence-electron chi connectivity index (χ3n) is 3.76. The average molecular weight is 335 g/mol. The molecule has 0 fully saturated rings. The van der Waals surface area contributed by atoms with Crippen molar-refractivity contribution in [3.8, 4) is 11.1 Å². The largest absolute Gasteiger partial charge is 0.478 e. The number of nitrogens with zero attached hydrogens (tertiary/aromatic N) is 2. The van der Waals surface area contributed by atoms with Gasteiger partial charge in [-0.2, -0.15) is 0 Å². The van der Waals surface area contributed by atoms with E-state index in [2.05, 4.69) is 4.98 Å². The Kier molecular flexibility index (Phi) is 4.52. The Morgan fingerprint density at radius 3 is 1.88 bits per heavy atom. The maximum absolute atomic E-state index is 11.2. The molecule has 0 spiro atoms. The summed E-state index contributed by atoms with van der Waals surface area (Å²) in [4.78, 5) is 26.3. The lowest BCUT2D eigenvalue weighted by Crippen LogP contribution is -2.33. The molecule has 2 heterocycles. The van der Waals surface area contributed by atoms with Gasteiger partial charge in [0.25, 0.3) is 0 Å². The highest BCUT2D eigenvalue weighted by molar-refractivity contribution is 5.94. The van der Waals surface area contributed by atoms with E-state index in [-0.39, 0.29) is 11.1 Å². The number of aromatic carboxylic acids is 2. The van der Waals surface area contributed by atoms with Crippen LogP contribution in [0.4, 0.5) is 0 Å².